The van der Waals surface area contributed by atoms with Gasteiger partial charge in [0.15, 0.2) is 0 Å². The predicted molar refractivity (Wildman–Crippen MR) is 25.9 cm³/mol. The van der Waals surface area contributed by atoms with E-state index in [0.29, 0.717) is 0 Å². The van der Waals surface area contributed by atoms with Crippen molar-refractivity contribution in [1.82, 2.24) is 0 Å². The molecule has 0 saturated heterocycles. The van der Waals surface area contributed by atoms with Crippen molar-refractivity contribution in [2.24, 2.45) is 0 Å². The van der Waals surface area contributed by atoms with E-state index in [1.807, 2.05) is 0 Å². The molecular weight excluding hydrogens is 141 g/mol. The van der Waals surface area contributed by atoms with Crippen LogP contribution in [0, 0.1) is 0 Å². The summed E-state index contributed by atoms with van der Waals surface area (Å²) in [5.74, 6) is 0.0828. The fraction of sp³-hybridized carbons (Fsp3) is 1.00. The maximum atomic E-state index is 11.0. The summed E-state index contributed by atoms with van der Waals surface area (Å²) in [7, 11) is 0. The molecule has 0 atom stereocenters. The van der Waals surface area contributed by atoms with Crippen LogP contribution >= 0.6 is 12.6 Å². The minimum Gasteiger partial charge on any atom is -0.291 e. The van der Waals surface area contributed by atoms with Crippen LogP contribution in [0.4, 0.5) is 13.2 Å². The second kappa shape index (κ2) is 3.19. The van der Waals surface area contributed by atoms with Crippen molar-refractivity contribution in [3.8, 4) is 0 Å². The van der Waals surface area contributed by atoms with Crippen molar-refractivity contribution >= 4 is 12.6 Å². The van der Waals surface area contributed by atoms with Crippen LogP contribution in [0.5, 0.6) is 0 Å². The van der Waals surface area contributed by atoms with Gasteiger partial charge < -0.3 is 0 Å². The van der Waals surface area contributed by atoms with E-state index in [-0.39, 0.29) is 12.4 Å². The molecule has 0 aromatic carbocycles. The average molecular weight is 146 g/mol. The summed E-state index contributed by atoms with van der Waals surface area (Å²) in [5, 5.41) is 0. The minimum absolute atomic E-state index is 0.0828. The largest absolute Gasteiger partial charge is 0.522 e. The predicted octanol–water partition coefficient (Wildman–Crippen LogP) is 1.45. The molecule has 0 spiro atoms. The second-order valence-corrected chi connectivity index (χ2v) is 1.47. The quantitative estimate of drug-likeness (QED) is 0.580. The topological polar surface area (TPSA) is 9.23 Å². The first-order chi connectivity index (χ1) is 3.56. The van der Waals surface area contributed by atoms with Gasteiger partial charge in [0.2, 0.25) is 0 Å². The first kappa shape index (κ1) is 8.10. The van der Waals surface area contributed by atoms with Gasteiger partial charge in [-0.3, -0.25) is 4.74 Å². The fourth-order valence-electron chi connectivity index (χ4n) is 0.161. The highest BCUT2D eigenvalue weighted by atomic mass is 32.1. The lowest BCUT2D eigenvalue weighted by Gasteiger charge is -2.03. The third kappa shape index (κ3) is 6.10. The molecule has 0 aliphatic carbocycles. The van der Waals surface area contributed by atoms with Gasteiger partial charge in [0.05, 0.1) is 6.61 Å². The Morgan fingerprint density at radius 2 is 1.88 bits per heavy atom. The van der Waals surface area contributed by atoms with Gasteiger partial charge in [-0.1, -0.05) is 0 Å². The van der Waals surface area contributed by atoms with Crippen LogP contribution in [-0.4, -0.2) is 18.7 Å². The van der Waals surface area contributed by atoms with E-state index in [9.17, 15) is 13.2 Å². The Morgan fingerprint density at radius 1 is 1.38 bits per heavy atom. The first-order valence-electron chi connectivity index (χ1n) is 1.88. The highest BCUT2D eigenvalue weighted by molar-refractivity contribution is 7.80. The van der Waals surface area contributed by atoms with Crippen molar-refractivity contribution < 1.29 is 17.9 Å². The van der Waals surface area contributed by atoms with Crippen molar-refractivity contribution in [2.45, 2.75) is 6.36 Å². The number of hydrogen-bond acceptors (Lipinski definition) is 2. The van der Waals surface area contributed by atoms with Gasteiger partial charge in [0.1, 0.15) is 0 Å². The Hall–Kier alpha value is 0.100. The Labute approximate surface area is 50.2 Å². The van der Waals surface area contributed by atoms with E-state index < -0.39 is 6.36 Å². The maximum Gasteiger partial charge on any atom is 0.522 e. The van der Waals surface area contributed by atoms with Crippen LogP contribution in [0.1, 0.15) is 0 Å². The second-order valence-electron chi connectivity index (χ2n) is 1.02. The van der Waals surface area contributed by atoms with Gasteiger partial charge in [0, 0.05) is 5.75 Å². The van der Waals surface area contributed by atoms with Gasteiger partial charge in [-0.15, -0.1) is 13.2 Å². The van der Waals surface area contributed by atoms with Crippen LogP contribution in [0.3, 0.4) is 0 Å². The molecule has 5 heteroatoms. The smallest absolute Gasteiger partial charge is 0.291 e. The number of thiol groups is 1. The van der Waals surface area contributed by atoms with E-state index in [1.54, 1.807) is 0 Å². The molecule has 0 aliphatic rings. The zero-order chi connectivity index (χ0) is 6.62. The van der Waals surface area contributed by atoms with Gasteiger partial charge in [-0.05, 0) is 0 Å². The Morgan fingerprint density at radius 3 is 2.00 bits per heavy atom. The molecule has 0 unspecified atom stereocenters. The number of rotatable bonds is 2. The lowest BCUT2D eigenvalue weighted by molar-refractivity contribution is -0.322. The lowest BCUT2D eigenvalue weighted by Crippen LogP contribution is -2.14. The van der Waals surface area contributed by atoms with Crippen LogP contribution in [-0.2, 0) is 4.74 Å². The van der Waals surface area contributed by atoms with Crippen LogP contribution in [0.25, 0.3) is 0 Å². The van der Waals surface area contributed by atoms with Gasteiger partial charge in [-0.25, -0.2) is 0 Å². The molecule has 0 aliphatic heterocycles. The van der Waals surface area contributed by atoms with E-state index >= 15 is 0 Å². The summed E-state index contributed by atoms with van der Waals surface area (Å²) in [6.07, 6.45) is -4.50. The molecule has 0 N–H and O–H groups in total. The summed E-state index contributed by atoms with van der Waals surface area (Å²) in [6, 6.07) is 0. The highest BCUT2D eigenvalue weighted by Crippen LogP contribution is 2.15. The van der Waals surface area contributed by atoms with E-state index in [1.165, 1.54) is 0 Å². The molecule has 0 fully saturated rings. The third-order valence-corrected chi connectivity index (χ3v) is 0.540. The molecule has 50 valence electrons. The summed E-state index contributed by atoms with van der Waals surface area (Å²) in [5.41, 5.74) is 0. The molecule has 0 amide bonds. The van der Waals surface area contributed by atoms with Crippen molar-refractivity contribution in [3.63, 3.8) is 0 Å². The molecular formula is C3H5F3OS. The fourth-order valence-corrected chi connectivity index (χ4v) is 0.253. The zero-order valence-electron chi connectivity index (χ0n) is 3.90. The normalized spacial score (nSPS) is 12.0. The number of halogens is 3. The van der Waals surface area contributed by atoms with Gasteiger partial charge in [-0.2, -0.15) is 12.6 Å². The minimum atomic E-state index is -4.50. The molecule has 0 heterocycles. The molecule has 0 aromatic heterocycles. The molecule has 0 aromatic rings. The Kier molecular flexibility index (Phi) is 3.23. The summed E-state index contributed by atoms with van der Waals surface area (Å²) in [4.78, 5) is 0. The van der Waals surface area contributed by atoms with Crippen molar-refractivity contribution in [1.29, 1.82) is 0 Å². The molecule has 0 saturated carbocycles. The lowest BCUT2D eigenvalue weighted by atomic mass is 10.9. The summed E-state index contributed by atoms with van der Waals surface area (Å²) >= 11 is 3.51. The summed E-state index contributed by atoms with van der Waals surface area (Å²) in [6.45, 7) is -0.382. The molecule has 0 bridgehead atoms. The van der Waals surface area contributed by atoms with E-state index in [0.717, 1.165) is 0 Å². The zero-order valence-corrected chi connectivity index (χ0v) is 4.80. The monoisotopic (exact) mass is 146 g/mol. The maximum absolute atomic E-state index is 11.0. The number of ether oxygens (including phenoxy) is 1. The van der Waals surface area contributed by atoms with Crippen molar-refractivity contribution in [3.05, 3.63) is 0 Å². The Bertz CT molecular complexity index is 62.0. The van der Waals surface area contributed by atoms with Crippen molar-refractivity contribution in [2.75, 3.05) is 12.4 Å². The highest BCUT2D eigenvalue weighted by Gasteiger charge is 2.28. The summed E-state index contributed by atoms with van der Waals surface area (Å²) < 4.78 is 36.3. The standard InChI is InChI=1S/C3H5F3OS/c4-3(5,6)7-1-2-8/h8H,1-2H2. The van der Waals surface area contributed by atoms with E-state index in [2.05, 4.69) is 17.4 Å². The van der Waals surface area contributed by atoms with Crippen LogP contribution in [0.2, 0.25) is 0 Å². The SMILES string of the molecule is FC(F)(F)OCCS. The molecule has 0 rings (SSSR count). The molecule has 1 nitrogen and oxygen atoms in total. The van der Waals surface area contributed by atoms with E-state index in [4.69, 9.17) is 0 Å². The molecule has 8 heavy (non-hydrogen) atoms. The van der Waals surface area contributed by atoms with Crippen LogP contribution in [0.15, 0.2) is 0 Å². The average Bonchev–Trinajstić information content (AvgIpc) is 1.59. The first-order valence-corrected chi connectivity index (χ1v) is 2.51. The number of hydrogen-bond donors (Lipinski definition) is 1. The Balaban J connectivity index is 3.11. The van der Waals surface area contributed by atoms with Crippen LogP contribution < -0.4 is 0 Å². The van der Waals surface area contributed by atoms with Gasteiger partial charge in [0.25, 0.3) is 0 Å². The van der Waals surface area contributed by atoms with Gasteiger partial charge >= 0.3 is 6.36 Å². The number of alkyl halides is 3. The molecule has 0 radical (unpaired) electrons. The third-order valence-electron chi connectivity index (χ3n) is 0.357.